The van der Waals surface area contributed by atoms with E-state index in [0.29, 0.717) is 12.8 Å². The minimum absolute atomic E-state index is 0.0250. The number of ether oxygens (including phenoxy) is 1. The normalized spacial score (nSPS) is 14.4. The topological polar surface area (TPSA) is 49.8 Å². The number of hydrogen-bond acceptors (Lipinski definition) is 3. The van der Waals surface area contributed by atoms with Gasteiger partial charge < -0.3 is 14.7 Å². The van der Waals surface area contributed by atoms with Gasteiger partial charge in [-0.05, 0) is 47.4 Å². The van der Waals surface area contributed by atoms with Gasteiger partial charge in [-0.3, -0.25) is 4.79 Å². The van der Waals surface area contributed by atoms with Gasteiger partial charge in [-0.15, -0.1) is 13.2 Å². The third-order valence-corrected chi connectivity index (χ3v) is 4.02. The Morgan fingerprint density at radius 1 is 1.04 bits per heavy atom. The number of amides is 1. The molecule has 1 amide bonds. The quantitative estimate of drug-likeness (QED) is 0.917. The van der Waals surface area contributed by atoms with Gasteiger partial charge in [-0.25, -0.2) is 0 Å². The maximum Gasteiger partial charge on any atom is 0.573 e. The zero-order valence-electron chi connectivity index (χ0n) is 13.2. The summed E-state index contributed by atoms with van der Waals surface area (Å²) in [6.07, 6.45) is -3.75. The molecule has 4 nitrogen and oxygen atoms in total. The van der Waals surface area contributed by atoms with E-state index < -0.39 is 6.36 Å². The van der Waals surface area contributed by atoms with Crippen molar-refractivity contribution in [2.45, 2.75) is 19.2 Å². The van der Waals surface area contributed by atoms with E-state index in [1.165, 1.54) is 12.1 Å². The molecule has 1 aliphatic heterocycles. The molecule has 25 heavy (non-hydrogen) atoms. The van der Waals surface area contributed by atoms with Gasteiger partial charge in [0.2, 0.25) is 5.91 Å². The van der Waals surface area contributed by atoms with E-state index in [2.05, 4.69) is 4.74 Å². The Hall–Kier alpha value is -2.54. The highest BCUT2D eigenvalue weighted by atomic mass is 19.4. The molecule has 1 aliphatic rings. The molecule has 0 saturated heterocycles. The van der Waals surface area contributed by atoms with Crippen LogP contribution in [-0.2, 0) is 11.2 Å². The highest BCUT2D eigenvalue weighted by Crippen LogP contribution is 2.33. The van der Waals surface area contributed by atoms with E-state index in [9.17, 15) is 18.0 Å². The van der Waals surface area contributed by atoms with Crippen LogP contribution in [0.3, 0.4) is 0 Å². The van der Waals surface area contributed by atoms with Crippen LogP contribution in [0.4, 0.5) is 18.9 Å². The molecule has 1 heterocycles. The number of nitrogens with zero attached hydrogens (tertiary/aromatic N) is 1. The Kier molecular flexibility index (Phi) is 4.67. The summed E-state index contributed by atoms with van der Waals surface area (Å²) in [6.45, 7) is 0.127. The number of hydrogen-bond donors (Lipinski definition) is 1. The van der Waals surface area contributed by atoms with Crippen molar-refractivity contribution in [1.82, 2.24) is 0 Å². The summed E-state index contributed by atoms with van der Waals surface area (Å²) in [5, 5.41) is 9.12. The van der Waals surface area contributed by atoms with Gasteiger partial charge in [0.1, 0.15) is 5.75 Å². The molecule has 0 bridgehead atoms. The Morgan fingerprint density at radius 3 is 2.36 bits per heavy atom. The predicted molar refractivity (Wildman–Crippen MR) is 86.3 cm³/mol. The summed E-state index contributed by atoms with van der Waals surface area (Å²) in [5.74, 6) is -0.295. The van der Waals surface area contributed by atoms with Crippen molar-refractivity contribution in [2.75, 3.05) is 18.1 Å². The third kappa shape index (κ3) is 3.93. The van der Waals surface area contributed by atoms with Crippen LogP contribution in [0.15, 0.2) is 42.5 Å². The lowest BCUT2D eigenvalue weighted by atomic mass is 9.96. The van der Waals surface area contributed by atoms with E-state index in [4.69, 9.17) is 5.11 Å². The lowest BCUT2D eigenvalue weighted by Gasteiger charge is -2.29. The number of aliphatic hydroxyl groups is 1. The summed E-state index contributed by atoms with van der Waals surface area (Å²) in [5.41, 5.74) is 3.34. The third-order valence-electron chi connectivity index (χ3n) is 4.02. The summed E-state index contributed by atoms with van der Waals surface area (Å²) in [6, 6.07) is 11.2. The first-order valence-corrected chi connectivity index (χ1v) is 7.78. The molecule has 0 aliphatic carbocycles. The Labute approximate surface area is 142 Å². The lowest BCUT2D eigenvalue weighted by molar-refractivity contribution is -0.274. The minimum atomic E-state index is -4.71. The Bertz CT molecular complexity index is 772. The van der Waals surface area contributed by atoms with Crippen LogP contribution >= 0.6 is 0 Å². The predicted octanol–water partition coefficient (Wildman–Crippen LogP) is 3.52. The molecule has 0 fully saturated rings. The maximum absolute atomic E-state index is 12.2. The average molecular weight is 351 g/mol. The lowest BCUT2D eigenvalue weighted by Crippen LogP contribution is -2.37. The van der Waals surface area contributed by atoms with E-state index in [-0.39, 0.29) is 24.8 Å². The van der Waals surface area contributed by atoms with E-state index >= 15 is 0 Å². The monoisotopic (exact) mass is 351 g/mol. The first-order valence-electron chi connectivity index (χ1n) is 7.78. The van der Waals surface area contributed by atoms with Crippen LogP contribution in [0.2, 0.25) is 0 Å². The van der Waals surface area contributed by atoms with Gasteiger partial charge in [-0.2, -0.15) is 0 Å². The van der Waals surface area contributed by atoms with Crippen molar-refractivity contribution in [3.05, 3.63) is 48.0 Å². The molecule has 3 rings (SSSR count). The highest BCUT2D eigenvalue weighted by molar-refractivity contribution is 5.96. The fraction of sp³-hybridized carbons (Fsp3) is 0.278. The molecule has 132 valence electrons. The summed E-state index contributed by atoms with van der Waals surface area (Å²) < 4.78 is 40.5. The summed E-state index contributed by atoms with van der Waals surface area (Å²) in [4.78, 5) is 13.5. The molecule has 0 atom stereocenters. The average Bonchev–Trinajstić information content (AvgIpc) is 2.56. The van der Waals surface area contributed by atoms with Gasteiger partial charge in [0, 0.05) is 18.7 Å². The van der Waals surface area contributed by atoms with Crippen molar-refractivity contribution in [2.24, 2.45) is 0 Å². The van der Waals surface area contributed by atoms with Gasteiger partial charge >= 0.3 is 6.36 Å². The van der Waals surface area contributed by atoms with Gasteiger partial charge in [0.05, 0.1) is 6.61 Å². The second-order valence-corrected chi connectivity index (χ2v) is 5.68. The van der Waals surface area contributed by atoms with Crippen LogP contribution in [0.25, 0.3) is 11.1 Å². The number of anilines is 1. The number of carbonyl (C=O) groups is 1. The smallest absolute Gasteiger partial charge is 0.406 e. The van der Waals surface area contributed by atoms with E-state index in [1.54, 1.807) is 29.2 Å². The van der Waals surface area contributed by atoms with Crippen LogP contribution in [0, 0.1) is 0 Å². The highest BCUT2D eigenvalue weighted by Gasteiger charge is 2.31. The maximum atomic E-state index is 12.2. The number of β-amino-alcohol motifs (C(OH)–C–C–N with tert-alkyl or cyclic N) is 1. The van der Waals surface area contributed by atoms with Crippen molar-refractivity contribution < 1.29 is 27.8 Å². The minimum Gasteiger partial charge on any atom is -0.406 e. The molecule has 0 saturated carbocycles. The zero-order chi connectivity index (χ0) is 18.0. The van der Waals surface area contributed by atoms with Crippen LogP contribution in [0.5, 0.6) is 5.75 Å². The fourth-order valence-corrected chi connectivity index (χ4v) is 2.93. The molecule has 0 unspecified atom stereocenters. The molecule has 0 spiro atoms. The van der Waals surface area contributed by atoms with E-state index in [0.717, 1.165) is 22.4 Å². The molecule has 0 aromatic heterocycles. The van der Waals surface area contributed by atoms with Gasteiger partial charge in [0.15, 0.2) is 0 Å². The molecule has 2 aromatic carbocycles. The molecule has 1 N–H and O–H groups in total. The van der Waals surface area contributed by atoms with Crippen molar-refractivity contribution in [1.29, 1.82) is 0 Å². The first-order chi connectivity index (χ1) is 11.9. The number of rotatable bonds is 4. The second kappa shape index (κ2) is 6.76. The van der Waals surface area contributed by atoms with E-state index in [1.807, 2.05) is 6.07 Å². The van der Waals surface area contributed by atoms with Gasteiger partial charge in [-0.1, -0.05) is 18.2 Å². The number of benzene rings is 2. The van der Waals surface area contributed by atoms with Crippen molar-refractivity contribution in [3.63, 3.8) is 0 Å². The summed E-state index contributed by atoms with van der Waals surface area (Å²) >= 11 is 0. The Balaban J connectivity index is 1.86. The second-order valence-electron chi connectivity index (χ2n) is 5.68. The first kappa shape index (κ1) is 17.3. The standard InChI is InChI=1S/C18H16F3NO3/c19-18(20,21)25-15-5-1-12(2-6-15)13-3-7-16-14(11-13)4-8-17(24)22(16)9-10-23/h1-3,5-7,11,23H,4,8-10H2. The van der Waals surface area contributed by atoms with Crippen LogP contribution in [0.1, 0.15) is 12.0 Å². The fourth-order valence-electron chi connectivity index (χ4n) is 2.93. The summed E-state index contributed by atoms with van der Waals surface area (Å²) in [7, 11) is 0. The molecule has 7 heteroatoms. The van der Waals surface area contributed by atoms with Crippen LogP contribution < -0.4 is 9.64 Å². The number of alkyl halides is 3. The number of fused-ring (bicyclic) bond motifs is 1. The van der Waals surface area contributed by atoms with Crippen molar-refractivity contribution in [3.8, 4) is 16.9 Å². The molecular weight excluding hydrogens is 335 g/mol. The molecular formula is C18H16F3NO3. The van der Waals surface area contributed by atoms with Crippen LogP contribution in [-0.4, -0.2) is 30.5 Å². The SMILES string of the molecule is O=C1CCc2cc(-c3ccc(OC(F)(F)F)cc3)ccc2N1CCO. The zero-order valence-corrected chi connectivity index (χ0v) is 13.2. The Morgan fingerprint density at radius 2 is 1.72 bits per heavy atom. The number of aryl methyl sites for hydroxylation is 1. The molecule has 0 radical (unpaired) electrons. The van der Waals surface area contributed by atoms with Crippen molar-refractivity contribution >= 4 is 11.6 Å². The number of halogens is 3. The number of carbonyl (C=O) groups excluding carboxylic acids is 1. The van der Waals surface area contributed by atoms with Gasteiger partial charge in [0.25, 0.3) is 0 Å². The number of aliphatic hydroxyl groups excluding tert-OH is 1. The largest absolute Gasteiger partial charge is 0.573 e. The molecule has 2 aromatic rings.